The first-order chi connectivity index (χ1) is 22.6. The molecule has 0 radical (unpaired) electrons. The lowest BCUT2D eigenvalue weighted by Crippen LogP contribution is -2.78. The molecule has 0 bridgehead atoms. The number of likely N-dealkylation sites (tertiary alicyclic amines) is 3. The van der Waals surface area contributed by atoms with Crippen molar-refractivity contribution in [1.82, 2.24) is 14.7 Å². The first kappa shape index (κ1) is 34.4. The summed E-state index contributed by atoms with van der Waals surface area (Å²) in [6.45, 7) is 4.73. The van der Waals surface area contributed by atoms with Crippen LogP contribution in [0.3, 0.4) is 0 Å². The number of halogens is 2. The molecule has 12 heteroatoms. The zero-order chi connectivity index (χ0) is 33.3. The molecule has 47 heavy (non-hydrogen) atoms. The van der Waals surface area contributed by atoms with Gasteiger partial charge in [-0.1, -0.05) is 18.2 Å². The van der Waals surface area contributed by atoms with Crippen molar-refractivity contribution in [3.63, 3.8) is 0 Å². The lowest BCUT2D eigenvalue weighted by molar-refractivity contribution is -0.942. The Morgan fingerprint density at radius 1 is 1.04 bits per heavy atom. The van der Waals surface area contributed by atoms with E-state index >= 15 is 0 Å². The summed E-state index contributed by atoms with van der Waals surface area (Å²) in [5, 5.41) is 14.4. The van der Waals surface area contributed by atoms with Gasteiger partial charge in [0.1, 0.15) is 12.8 Å². The predicted molar refractivity (Wildman–Crippen MR) is 190 cm³/mol. The lowest BCUT2D eigenvalue weighted by Gasteiger charge is -2.59. The van der Waals surface area contributed by atoms with Gasteiger partial charge in [-0.3, -0.25) is 4.90 Å². The van der Waals surface area contributed by atoms with Crippen molar-refractivity contribution >= 4 is 61.6 Å². The van der Waals surface area contributed by atoms with E-state index in [9.17, 15) is 19.5 Å². The Kier molecular flexibility index (Phi) is 10.3. The van der Waals surface area contributed by atoms with Crippen molar-refractivity contribution < 1.29 is 24.0 Å². The number of urea groups is 1. The molecule has 3 amide bonds. The van der Waals surface area contributed by atoms with Crippen LogP contribution in [-0.2, 0) is 17.8 Å². The zero-order valence-corrected chi connectivity index (χ0v) is 30.3. The molecular formula is C35H47Br2N6O4+. The van der Waals surface area contributed by atoms with Gasteiger partial charge in [-0.15, -0.1) is 0 Å². The summed E-state index contributed by atoms with van der Waals surface area (Å²) in [6.07, 6.45) is 6.03. The van der Waals surface area contributed by atoms with Crippen molar-refractivity contribution in [3.8, 4) is 0 Å². The summed E-state index contributed by atoms with van der Waals surface area (Å²) in [7, 11) is 2.19. The average Bonchev–Trinajstić information content (AvgIpc) is 3.23. The number of carboxylic acid groups (broad SMARTS) is 1. The fraction of sp³-hybridized carbons (Fsp3) is 0.571. The number of nitrogens with zero attached hydrogens (tertiary/aromatic N) is 4. The molecule has 10 nitrogen and oxygen atoms in total. The minimum atomic E-state index is -1.03. The molecule has 0 saturated carbocycles. The number of carbonyl (C=O) groups excluding carboxylic acids is 2. The monoisotopic (exact) mass is 773 g/mol. The fourth-order valence-corrected chi connectivity index (χ4v) is 10.3. The van der Waals surface area contributed by atoms with Crippen LogP contribution in [0.1, 0.15) is 56.1 Å². The quantitative estimate of drug-likeness (QED) is 0.170. The van der Waals surface area contributed by atoms with Gasteiger partial charge in [0.25, 0.3) is 0 Å². The van der Waals surface area contributed by atoms with E-state index in [1.165, 1.54) is 12.8 Å². The number of piperidine rings is 3. The first-order valence-electron chi connectivity index (χ1n) is 16.9. The summed E-state index contributed by atoms with van der Waals surface area (Å²) >= 11 is 7.12. The number of quaternary nitrogens is 1. The smallest absolute Gasteiger partial charge is 0.435 e. The molecule has 4 N–H and O–H groups in total. The van der Waals surface area contributed by atoms with Crippen LogP contribution in [0.4, 0.5) is 21.0 Å². The number of aldehydes is 1. The number of nitrogen functional groups attached to an aromatic ring is 1. The Balaban J connectivity index is 1.36. The molecule has 254 valence electrons. The molecule has 0 spiro atoms. The molecule has 2 aromatic rings. The molecule has 0 aliphatic carbocycles. The van der Waals surface area contributed by atoms with Crippen LogP contribution >= 0.6 is 31.9 Å². The van der Waals surface area contributed by atoms with Crippen molar-refractivity contribution in [3.05, 3.63) is 56.5 Å². The second-order valence-electron chi connectivity index (χ2n) is 14.1. The maximum Gasteiger partial charge on any atom is 0.515 e. The number of nitrogens with two attached hydrogens (primary N) is 1. The molecule has 3 fully saturated rings. The predicted octanol–water partition coefficient (Wildman–Crippen LogP) is 6.38. The van der Waals surface area contributed by atoms with Crippen LogP contribution in [0.2, 0.25) is 0 Å². The Morgan fingerprint density at radius 3 is 2.32 bits per heavy atom. The Labute approximate surface area is 294 Å². The summed E-state index contributed by atoms with van der Waals surface area (Å²) in [5.41, 5.74) is 8.46. The molecule has 2 unspecified atom stereocenters. The van der Waals surface area contributed by atoms with E-state index < -0.39 is 11.8 Å². The SMILES string of the molecule is CN1CCC(C2CCN(C3(CC=O)CC(N4CCc5ccccc5NC4=O)CC[N@+]3(Cc3cc(Br)c(N)c(Br)c3)C(=O)O)CC2)CC1. The number of hydrogen-bond donors (Lipinski definition) is 3. The van der Waals surface area contributed by atoms with E-state index in [0.717, 1.165) is 62.1 Å². The number of nitrogens with one attached hydrogen (secondary N) is 1. The van der Waals surface area contributed by atoms with Crippen LogP contribution in [0.5, 0.6) is 0 Å². The maximum absolute atomic E-state index is 13.8. The number of rotatable bonds is 7. The minimum Gasteiger partial charge on any atom is -0.435 e. The van der Waals surface area contributed by atoms with Crippen molar-refractivity contribution in [2.24, 2.45) is 11.8 Å². The molecule has 6 rings (SSSR count). The van der Waals surface area contributed by atoms with E-state index in [2.05, 4.69) is 54.0 Å². The third-order valence-corrected chi connectivity index (χ3v) is 13.0. The minimum absolute atomic E-state index is 0.0711. The highest BCUT2D eigenvalue weighted by Gasteiger charge is 2.64. The fourth-order valence-electron chi connectivity index (χ4n) is 9.05. The summed E-state index contributed by atoms with van der Waals surface area (Å²) < 4.78 is 1.10. The number of amides is 3. The Hall–Kier alpha value is -2.51. The number of benzene rings is 2. The highest BCUT2D eigenvalue weighted by molar-refractivity contribution is 9.11. The maximum atomic E-state index is 13.8. The van der Waals surface area contributed by atoms with E-state index in [-0.39, 0.29) is 29.5 Å². The van der Waals surface area contributed by atoms with E-state index in [0.29, 0.717) is 58.8 Å². The van der Waals surface area contributed by atoms with Gasteiger partial charge in [-0.25, -0.2) is 9.28 Å². The first-order valence-corrected chi connectivity index (χ1v) is 18.5. The summed E-state index contributed by atoms with van der Waals surface area (Å²) in [4.78, 5) is 47.0. The van der Waals surface area contributed by atoms with Gasteiger partial charge in [0.2, 0.25) is 0 Å². The average molecular weight is 776 g/mol. The van der Waals surface area contributed by atoms with E-state index in [4.69, 9.17) is 5.73 Å². The van der Waals surface area contributed by atoms with Crippen molar-refractivity contribution in [1.29, 1.82) is 0 Å². The van der Waals surface area contributed by atoms with Gasteiger partial charge in [0, 0.05) is 58.7 Å². The molecule has 3 atom stereocenters. The van der Waals surface area contributed by atoms with Gasteiger partial charge in [0.15, 0.2) is 5.66 Å². The normalized spacial score (nSPS) is 28.4. The zero-order valence-electron chi connectivity index (χ0n) is 27.2. The molecular weight excluding hydrogens is 728 g/mol. The van der Waals surface area contributed by atoms with Crippen LogP contribution < -0.4 is 11.1 Å². The van der Waals surface area contributed by atoms with Gasteiger partial charge in [0.05, 0.1) is 18.7 Å². The largest absolute Gasteiger partial charge is 0.515 e. The summed E-state index contributed by atoms with van der Waals surface area (Å²) in [6, 6.07) is 11.3. The van der Waals surface area contributed by atoms with Gasteiger partial charge in [-0.2, -0.15) is 4.79 Å². The molecule has 2 aromatic carbocycles. The number of para-hydroxylation sites is 1. The summed E-state index contributed by atoms with van der Waals surface area (Å²) in [5.74, 6) is 1.28. The van der Waals surface area contributed by atoms with E-state index in [1.54, 1.807) is 0 Å². The van der Waals surface area contributed by atoms with Crippen LogP contribution in [0.15, 0.2) is 45.3 Å². The number of carbonyl (C=O) groups is 3. The number of anilines is 2. The molecule has 3 saturated heterocycles. The molecule has 4 aliphatic heterocycles. The third-order valence-electron chi connectivity index (χ3n) is 11.7. The van der Waals surface area contributed by atoms with Gasteiger partial charge in [-0.05, 0) is 120 Å². The van der Waals surface area contributed by atoms with Gasteiger partial charge >= 0.3 is 12.1 Å². The van der Waals surface area contributed by atoms with Crippen molar-refractivity contribution in [2.75, 3.05) is 57.4 Å². The molecule has 0 aromatic heterocycles. The van der Waals surface area contributed by atoms with Crippen molar-refractivity contribution in [2.45, 2.75) is 69.6 Å². The van der Waals surface area contributed by atoms with Crippen LogP contribution in [-0.4, -0.2) is 101 Å². The number of hydrogen-bond acceptors (Lipinski definition) is 6. The van der Waals surface area contributed by atoms with Crippen LogP contribution in [0.25, 0.3) is 0 Å². The standard InChI is InChI=1S/C35H46Br2N6O4/c1-40-13-6-25(7-14-40)26-8-15-41(16-9-26)35(12-19-44)22-28(42-17-10-27-4-2-3-5-31(27)39-33(42)45)11-18-43(35,34(46)47)23-24-20-29(36)32(38)30(37)21-24/h2-5,19-21,25-26,28H,6-18,22-23,38H2,1H3,(H-,39,45,46,47)/p+1/t28?,35?,43-/m0/s1. The molecule has 4 heterocycles. The second-order valence-corrected chi connectivity index (χ2v) is 15.8. The highest BCUT2D eigenvalue weighted by atomic mass is 79.9. The third kappa shape index (κ3) is 6.60. The number of fused-ring (bicyclic) bond motifs is 1. The van der Waals surface area contributed by atoms with Crippen LogP contribution in [0, 0.1) is 11.8 Å². The molecule has 4 aliphatic rings. The second kappa shape index (κ2) is 14.2. The van der Waals surface area contributed by atoms with E-state index in [1.807, 2.05) is 41.3 Å². The lowest BCUT2D eigenvalue weighted by atomic mass is 9.76. The topological polar surface area (TPSA) is 119 Å². The Bertz CT molecular complexity index is 1470. The Morgan fingerprint density at radius 2 is 1.68 bits per heavy atom. The van der Waals surface area contributed by atoms with Gasteiger partial charge < -0.3 is 30.8 Å². The highest BCUT2D eigenvalue weighted by Crippen LogP contribution is 2.47.